The van der Waals surface area contributed by atoms with Crippen LogP contribution in [0.1, 0.15) is 24.0 Å². The summed E-state index contributed by atoms with van der Waals surface area (Å²) in [6.07, 6.45) is 1.72. The Balaban J connectivity index is 2.03. The molecule has 1 fully saturated rings. The van der Waals surface area contributed by atoms with Gasteiger partial charge in [-0.2, -0.15) is 4.31 Å². The van der Waals surface area contributed by atoms with Crippen molar-refractivity contribution in [2.45, 2.75) is 30.8 Å². The van der Waals surface area contributed by atoms with E-state index in [1.54, 1.807) is 0 Å². The fraction of sp³-hybridized carbons (Fsp3) is 0.467. The van der Waals surface area contributed by atoms with Crippen molar-refractivity contribution in [3.63, 3.8) is 0 Å². The van der Waals surface area contributed by atoms with E-state index in [2.05, 4.69) is 9.97 Å². The molecule has 1 aromatic heterocycles. The maximum atomic E-state index is 13.0. The summed E-state index contributed by atoms with van der Waals surface area (Å²) in [7, 11) is -1.72. The number of fused-ring (bicyclic) bond motifs is 3. The van der Waals surface area contributed by atoms with Crippen LogP contribution in [-0.2, 0) is 23.1 Å². The summed E-state index contributed by atoms with van der Waals surface area (Å²) in [6, 6.07) is 1.48. The second-order valence-corrected chi connectivity index (χ2v) is 8.35. The molecule has 1 saturated heterocycles. The number of hydrogen-bond donors (Lipinski definition) is 2. The van der Waals surface area contributed by atoms with E-state index in [9.17, 15) is 18.0 Å². The van der Waals surface area contributed by atoms with E-state index >= 15 is 0 Å². The highest BCUT2D eigenvalue weighted by Crippen LogP contribution is 2.34. The summed E-state index contributed by atoms with van der Waals surface area (Å²) in [5.74, 6) is 0. The van der Waals surface area contributed by atoms with Crippen LogP contribution >= 0.6 is 0 Å². The summed E-state index contributed by atoms with van der Waals surface area (Å²) < 4.78 is 27.6. The molecule has 0 aliphatic carbocycles. The first-order valence-corrected chi connectivity index (χ1v) is 9.31. The third kappa shape index (κ3) is 2.23. The molecule has 0 bridgehead atoms. The van der Waals surface area contributed by atoms with Crippen LogP contribution in [-0.4, -0.2) is 47.7 Å². The molecule has 0 saturated carbocycles. The average molecular weight is 350 g/mol. The molecule has 0 radical (unpaired) electrons. The Labute approximate surface area is 138 Å². The lowest BCUT2D eigenvalue weighted by Gasteiger charge is -2.18. The number of aromatic nitrogens is 2. The quantitative estimate of drug-likeness (QED) is 0.739. The van der Waals surface area contributed by atoms with E-state index in [0.29, 0.717) is 42.8 Å². The van der Waals surface area contributed by atoms with E-state index in [-0.39, 0.29) is 4.90 Å². The van der Waals surface area contributed by atoms with Crippen molar-refractivity contribution in [3.8, 4) is 0 Å². The molecule has 2 N–H and O–H groups in total. The van der Waals surface area contributed by atoms with Gasteiger partial charge in [0.25, 0.3) is 0 Å². The molecule has 2 aliphatic rings. The van der Waals surface area contributed by atoms with Crippen LogP contribution in [0.3, 0.4) is 0 Å². The van der Waals surface area contributed by atoms with Crippen molar-refractivity contribution >= 4 is 21.1 Å². The molecule has 2 aromatic rings. The molecular formula is C15H18N4O4S. The van der Waals surface area contributed by atoms with Gasteiger partial charge < -0.3 is 9.97 Å². The zero-order valence-electron chi connectivity index (χ0n) is 13.3. The summed E-state index contributed by atoms with van der Waals surface area (Å²) in [5, 5.41) is 0. The van der Waals surface area contributed by atoms with Gasteiger partial charge in [0.05, 0.1) is 15.9 Å². The molecule has 0 spiro atoms. The molecule has 4 rings (SSSR count). The van der Waals surface area contributed by atoms with Gasteiger partial charge >= 0.3 is 11.1 Å². The number of nitrogens with zero attached hydrogens (tertiary/aromatic N) is 2. The van der Waals surface area contributed by atoms with Gasteiger partial charge in [0, 0.05) is 26.2 Å². The second kappa shape index (κ2) is 5.27. The smallest absolute Gasteiger partial charge is 0.314 e. The number of aromatic amines is 2. The van der Waals surface area contributed by atoms with Crippen molar-refractivity contribution < 1.29 is 8.42 Å². The van der Waals surface area contributed by atoms with Gasteiger partial charge in [-0.1, -0.05) is 0 Å². The average Bonchev–Trinajstić information content (AvgIpc) is 3.17. The second-order valence-electron chi connectivity index (χ2n) is 6.45. The Morgan fingerprint density at radius 1 is 1.00 bits per heavy atom. The Kier molecular flexibility index (Phi) is 3.41. The summed E-state index contributed by atoms with van der Waals surface area (Å²) >= 11 is 0. The number of rotatable bonds is 2. The van der Waals surface area contributed by atoms with Crippen LogP contribution in [0, 0.1) is 0 Å². The number of nitrogens with one attached hydrogen (secondary N) is 2. The van der Waals surface area contributed by atoms with E-state index in [1.807, 2.05) is 11.9 Å². The first kappa shape index (κ1) is 15.6. The molecule has 24 heavy (non-hydrogen) atoms. The maximum Gasteiger partial charge on any atom is 0.314 e. The highest BCUT2D eigenvalue weighted by molar-refractivity contribution is 7.89. The van der Waals surface area contributed by atoms with Crippen LogP contribution in [0.5, 0.6) is 0 Å². The molecule has 0 atom stereocenters. The molecule has 1 aromatic carbocycles. The number of H-pyrrole nitrogens is 2. The Bertz CT molecular complexity index is 1050. The SMILES string of the molecule is CN1Cc2c(S(=O)(=O)N3CCCC3)cc3[nH]c(=O)c(=O)[nH]c3c2C1. The third-order valence-corrected chi connectivity index (χ3v) is 6.71. The molecule has 9 heteroatoms. The van der Waals surface area contributed by atoms with Gasteiger partial charge in [0.1, 0.15) is 0 Å². The minimum atomic E-state index is -3.61. The Morgan fingerprint density at radius 3 is 2.33 bits per heavy atom. The summed E-state index contributed by atoms with van der Waals surface area (Å²) in [6.45, 7) is 2.06. The third-order valence-electron chi connectivity index (χ3n) is 4.74. The van der Waals surface area contributed by atoms with E-state index < -0.39 is 21.1 Å². The lowest BCUT2D eigenvalue weighted by molar-refractivity contribution is 0.352. The molecule has 3 heterocycles. The number of benzene rings is 1. The van der Waals surface area contributed by atoms with Crippen molar-refractivity contribution in [2.75, 3.05) is 20.1 Å². The van der Waals surface area contributed by atoms with Crippen molar-refractivity contribution in [3.05, 3.63) is 37.9 Å². The Morgan fingerprint density at radius 2 is 1.62 bits per heavy atom. The van der Waals surface area contributed by atoms with Gasteiger partial charge in [0.15, 0.2) is 0 Å². The highest BCUT2D eigenvalue weighted by atomic mass is 32.2. The van der Waals surface area contributed by atoms with Crippen molar-refractivity contribution in [1.29, 1.82) is 0 Å². The lowest BCUT2D eigenvalue weighted by Crippen LogP contribution is -2.31. The van der Waals surface area contributed by atoms with Crippen LogP contribution in [0.25, 0.3) is 11.0 Å². The lowest BCUT2D eigenvalue weighted by atomic mass is 10.1. The zero-order chi connectivity index (χ0) is 17.1. The fourth-order valence-electron chi connectivity index (χ4n) is 3.58. The summed E-state index contributed by atoms with van der Waals surface area (Å²) in [4.78, 5) is 30.6. The normalized spacial score (nSPS) is 19.2. The predicted octanol–water partition coefficient (Wildman–Crippen LogP) is -0.0537. The molecular weight excluding hydrogens is 332 g/mol. The van der Waals surface area contributed by atoms with Gasteiger partial charge in [-0.15, -0.1) is 0 Å². The minimum Gasteiger partial charge on any atom is -0.316 e. The Hall–Kier alpha value is -1.97. The number of sulfonamides is 1. The van der Waals surface area contributed by atoms with E-state index in [4.69, 9.17) is 0 Å². The van der Waals surface area contributed by atoms with Gasteiger partial charge in [-0.25, -0.2) is 8.42 Å². The molecule has 8 nitrogen and oxygen atoms in total. The molecule has 2 aliphatic heterocycles. The van der Waals surface area contributed by atoms with Crippen molar-refractivity contribution in [2.24, 2.45) is 0 Å². The first-order chi connectivity index (χ1) is 11.4. The number of hydrogen-bond acceptors (Lipinski definition) is 5. The van der Waals surface area contributed by atoms with E-state index in [1.165, 1.54) is 10.4 Å². The van der Waals surface area contributed by atoms with Gasteiger partial charge in [-0.3, -0.25) is 14.5 Å². The molecule has 128 valence electrons. The largest absolute Gasteiger partial charge is 0.316 e. The van der Waals surface area contributed by atoms with Crippen LogP contribution in [0.4, 0.5) is 0 Å². The summed E-state index contributed by atoms with van der Waals surface area (Å²) in [5.41, 5.74) is 0.833. The zero-order valence-corrected chi connectivity index (χ0v) is 14.1. The van der Waals surface area contributed by atoms with E-state index in [0.717, 1.165) is 18.4 Å². The van der Waals surface area contributed by atoms with Gasteiger partial charge in [-0.05, 0) is 37.1 Å². The molecule has 0 unspecified atom stereocenters. The topological polar surface area (TPSA) is 106 Å². The highest BCUT2D eigenvalue weighted by Gasteiger charge is 2.33. The van der Waals surface area contributed by atoms with Gasteiger partial charge in [0.2, 0.25) is 10.0 Å². The predicted molar refractivity (Wildman–Crippen MR) is 88.4 cm³/mol. The maximum absolute atomic E-state index is 13.0. The standard InChI is InChI=1S/C15H18N4O4S/c1-18-7-9-10(8-18)13-11(16-14(20)15(21)17-13)6-12(9)24(22,23)19-4-2-3-5-19/h6H,2-5,7-8H2,1H3,(H,16,20)(H,17,21). The molecule has 0 amide bonds. The van der Waals surface area contributed by atoms with Crippen molar-refractivity contribution in [1.82, 2.24) is 19.2 Å². The van der Waals surface area contributed by atoms with Crippen LogP contribution < -0.4 is 11.1 Å². The van der Waals surface area contributed by atoms with Crippen LogP contribution in [0.15, 0.2) is 20.6 Å². The minimum absolute atomic E-state index is 0.235. The monoisotopic (exact) mass is 350 g/mol. The first-order valence-electron chi connectivity index (χ1n) is 7.87. The van der Waals surface area contributed by atoms with Crippen LogP contribution in [0.2, 0.25) is 0 Å². The fourth-order valence-corrected chi connectivity index (χ4v) is 5.37.